The number of nitro benzene ring substituents is 1. The zero-order valence-corrected chi connectivity index (χ0v) is 20.7. The highest BCUT2D eigenvalue weighted by molar-refractivity contribution is 7.21. The number of amides is 1. The molecule has 0 radical (unpaired) electrons. The van der Waals surface area contributed by atoms with E-state index in [2.05, 4.69) is 5.32 Å². The van der Waals surface area contributed by atoms with Crippen LogP contribution in [0.15, 0.2) is 78.9 Å². The van der Waals surface area contributed by atoms with Gasteiger partial charge in [0.05, 0.1) is 27.0 Å². The lowest BCUT2D eigenvalue weighted by molar-refractivity contribution is -0.384. The Morgan fingerprint density at radius 3 is 2.36 bits per heavy atom. The second kappa shape index (κ2) is 9.58. The maximum atomic E-state index is 13.2. The molecular formula is C26H16Cl2N4O3S. The molecule has 178 valence electrons. The molecule has 3 N–H and O–H groups in total. The smallest absolute Gasteiger partial charge is 0.271 e. The number of fused-ring (bicyclic) bond motifs is 1. The number of anilines is 2. The molecule has 0 bridgehead atoms. The second-order valence-electron chi connectivity index (χ2n) is 7.80. The lowest BCUT2D eigenvalue weighted by atomic mass is 9.99. The van der Waals surface area contributed by atoms with E-state index in [1.165, 1.54) is 18.2 Å². The number of nitrogens with one attached hydrogen (secondary N) is 1. The number of nitrogen functional groups attached to an aromatic ring is 1. The van der Waals surface area contributed by atoms with Crippen LogP contribution < -0.4 is 11.1 Å². The maximum Gasteiger partial charge on any atom is 0.271 e. The maximum absolute atomic E-state index is 13.2. The van der Waals surface area contributed by atoms with E-state index in [1.54, 1.807) is 6.07 Å². The fourth-order valence-electron chi connectivity index (χ4n) is 3.84. The Balaban J connectivity index is 1.64. The van der Waals surface area contributed by atoms with Crippen molar-refractivity contribution in [2.45, 2.75) is 0 Å². The summed E-state index contributed by atoms with van der Waals surface area (Å²) in [6.45, 7) is 0. The summed E-state index contributed by atoms with van der Waals surface area (Å²) in [5.41, 5.74) is 9.96. The van der Waals surface area contributed by atoms with Gasteiger partial charge in [0.1, 0.15) is 9.71 Å². The van der Waals surface area contributed by atoms with E-state index in [9.17, 15) is 14.9 Å². The van der Waals surface area contributed by atoms with Gasteiger partial charge in [-0.1, -0.05) is 71.7 Å². The zero-order chi connectivity index (χ0) is 25.4. The highest BCUT2D eigenvalue weighted by Gasteiger charge is 2.23. The molecule has 2 heterocycles. The number of halogens is 2. The Labute approximate surface area is 219 Å². The van der Waals surface area contributed by atoms with E-state index in [1.807, 2.05) is 54.6 Å². The molecule has 0 aliphatic heterocycles. The molecule has 0 aliphatic carbocycles. The number of non-ortho nitro benzene ring substituents is 1. The number of nitro groups is 1. The Bertz CT molecular complexity index is 1650. The van der Waals surface area contributed by atoms with E-state index in [4.69, 9.17) is 33.9 Å². The largest absolute Gasteiger partial charge is 0.397 e. The van der Waals surface area contributed by atoms with Crippen molar-refractivity contribution in [3.8, 4) is 22.4 Å². The minimum atomic E-state index is -0.562. The van der Waals surface area contributed by atoms with Crippen LogP contribution >= 0.6 is 34.5 Å². The number of carbonyl (C=O) groups excluding carboxylic acids is 1. The fourth-order valence-corrected chi connectivity index (χ4v) is 5.31. The third-order valence-corrected chi connectivity index (χ3v) is 7.29. The number of carbonyl (C=O) groups is 1. The van der Waals surface area contributed by atoms with E-state index < -0.39 is 10.8 Å². The van der Waals surface area contributed by atoms with Crippen molar-refractivity contribution in [3.05, 3.63) is 104 Å². The van der Waals surface area contributed by atoms with Crippen LogP contribution in [-0.4, -0.2) is 15.8 Å². The van der Waals surface area contributed by atoms with Gasteiger partial charge in [-0.25, -0.2) is 4.98 Å². The minimum Gasteiger partial charge on any atom is -0.397 e. The summed E-state index contributed by atoms with van der Waals surface area (Å²) in [7, 11) is 0. The van der Waals surface area contributed by atoms with Gasteiger partial charge in [0.25, 0.3) is 11.6 Å². The molecule has 0 aliphatic rings. The third-order valence-electron chi connectivity index (χ3n) is 5.55. The Morgan fingerprint density at radius 1 is 0.944 bits per heavy atom. The van der Waals surface area contributed by atoms with Crippen LogP contribution in [0.1, 0.15) is 9.67 Å². The van der Waals surface area contributed by atoms with Gasteiger partial charge in [-0.15, -0.1) is 11.3 Å². The van der Waals surface area contributed by atoms with Crippen molar-refractivity contribution < 1.29 is 9.72 Å². The second-order valence-corrected chi connectivity index (χ2v) is 9.61. The zero-order valence-electron chi connectivity index (χ0n) is 18.4. The van der Waals surface area contributed by atoms with E-state index >= 15 is 0 Å². The Kier molecular flexibility index (Phi) is 6.32. The normalized spacial score (nSPS) is 10.9. The van der Waals surface area contributed by atoms with Gasteiger partial charge in [-0.3, -0.25) is 14.9 Å². The first-order chi connectivity index (χ1) is 17.3. The fraction of sp³-hybridized carbons (Fsp3) is 0. The molecule has 36 heavy (non-hydrogen) atoms. The number of nitrogens with two attached hydrogens (primary N) is 1. The monoisotopic (exact) mass is 534 g/mol. The molecule has 0 spiro atoms. The molecule has 0 atom stereocenters. The Morgan fingerprint density at radius 2 is 1.67 bits per heavy atom. The van der Waals surface area contributed by atoms with Crippen LogP contribution in [0.25, 0.3) is 32.6 Å². The molecule has 1 amide bonds. The first-order valence-corrected chi connectivity index (χ1v) is 12.2. The molecule has 0 fully saturated rings. The number of pyridine rings is 1. The van der Waals surface area contributed by atoms with Crippen molar-refractivity contribution in [3.63, 3.8) is 0 Å². The number of nitrogens with zero attached hydrogens (tertiary/aromatic N) is 2. The van der Waals surface area contributed by atoms with Gasteiger partial charge in [0, 0.05) is 33.7 Å². The van der Waals surface area contributed by atoms with Gasteiger partial charge in [0.2, 0.25) is 0 Å². The molecule has 3 aromatic carbocycles. The van der Waals surface area contributed by atoms with E-state index in [0.717, 1.165) is 28.0 Å². The number of aromatic nitrogens is 1. The average molecular weight is 535 g/mol. The summed E-state index contributed by atoms with van der Waals surface area (Å²) in [4.78, 5) is 29.2. The van der Waals surface area contributed by atoms with Crippen LogP contribution in [0.3, 0.4) is 0 Å². The molecule has 7 nitrogen and oxygen atoms in total. The van der Waals surface area contributed by atoms with Gasteiger partial charge in [-0.2, -0.15) is 0 Å². The molecule has 0 unspecified atom stereocenters. The molecule has 0 saturated carbocycles. The SMILES string of the molecule is Nc1c(C(=O)Nc2ccc([N+](=O)[O-])cc2Cl)sc2nc(-c3ccccc3)cc(-c3ccccc3Cl)c12. The number of thiophene rings is 1. The quantitative estimate of drug-likeness (QED) is 0.177. The molecule has 10 heteroatoms. The molecule has 0 saturated heterocycles. The van der Waals surface area contributed by atoms with E-state index in [0.29, 0.717) is 20.9 Å². The van der Waals surface area contributed by atoms with Gasteiger partial charge in [0.15, 0.2) is 0 Å². The van der Waals surface area contributed by atoms with Crippen molar-refractivity contribution in [1.29, 1.82) is 0 Å². The highest BCUT2D eigenvalue weighted by atomic mass is 35.5. The number of benzene rings is 3. The topological polar surface area (TPSA) is 111 Å². The van der Waals surface area contributed by atoms with Gasteiger partial charge in [-0.05, 0) is 23.8 Å². The van der Waals surface area contributed by atoms with Crippen molar-refractivity contribution in [2.75, 3.05) is 11.1 Å². The van der Waals surface area contributed by atoms with Crippen LogP contribution in [0.2, 0.25) is 10.0 Å². The first-order valence-electron chi connectivity index (χ1n) is 10.6. The number of hydrogen-bond donors (Lipinski definition) is 2. The predicted octanol–water partition coefficient (Wildman–Crippen LogP) is 7.68. The van der Waals surface area contributed by atoms with Gasteiger partial charge < -0.3 is 11.1 Å². The van der Waals surface area contributed by atoms with Gasteiger partial charge >= 0.3 is 0 Å². The minimum absolute atomic E-state index is 0.0403. The Hall–Kier alpha value is -3.98. The number of hydrogen-bond acceptors (Lipinski definition) is 6. The summed E-state index contributed by atoms with van der Waals surface area (Å²) in [6.07, 6.45) is 0. The van der Waals surface area contributed by atoms with Crippen molar-refractivity contribution in [2.24, 2.45) is 0 Å². The van der Waals surface area contributed by atoms with Crippen molar-refractivity contribution >= 4 is 67.7 Å². The predicted molar refractivity (Wildman–Crippen MR) is 146 cm³/mol. The summed E-state index contributed by atoms with van der Waals surface area (Å²) in [5.74, 6) is -0.502. The first kappa shape index (κ1) is 23.7. The molecular weight excluding hydrogens is 519 g/mol. The highest BCUT2D eigenvalue weighted by Crippen LogP contribution is 2.43. The third kappa shape index (κ3) is 4.37. The summed E-state index contributed by atoms with van der Waals surface area (Å²) >= 11 is 13.8. The van der Waals surface area contributed by atoms with Crippen LogP contribution in [0.5, 0.6) is 0 Å². The molecule has 5 rings (SSSR count). The number of rotatable bonds is 5. The van der Waals surface area contributed by atoms with Crippen LogP contribution in [0.4, 0.5) is 17.1 Å². The summed E-state index contributed by atoms with van der Waals surface area (Å²) in [6, 6.07) is 22.8. The van der Waals surface area contributed by atoms with Crippen LogP contribution in [-0.2, 0) is 0 Å². The summed E-state index contributed by atoms with van der Waals surface area (Å²) < 4.78 is 0. The van der Waals surface area contributed by atoms with Crippen molar-refractivity contribution in [1.82, 2.24) is 4.98 Å². The lowest BCUT2D eigenvalue weighted by Gasteiger charge is -2.10. The average Bonchev–Trinajstić information content (AvgIpc) is 3.22. The summed E-state index contributed by atoms with van der Waals surface area (Å²) in [5, 5.41) is 14.9. The van der Waals surface area contributed by atoms with E-state index in [-0.39, 0.29) is 27.0 Å². The molecule has 5 aromatic rings. The van der Waals surface area contributed by atoms with Crippen LogP contribution in [0, 0.1) is 10.1 Å². The molecule has 2 aromatic heterocycles. The lowest BCUT2D eigenvalue weighted by Crippen LogP contribution is -2.12. The standard InChI is InChI=1S/C26H16Cl2N4O3S/c27-18-9-5-4-8-16(18)17-13-21(14-6-2-1-3-7-14)31-26-22(17)23(29)24(36-26)25(33)30-20-11-10-15(32(34)35)12-19(20)28/h1-13H,29H2,(H,30,33).